The van der Waals surface area contributed by atoms with E-state index in [1.165, 1.54) is 0 Å². The summed E-state index contributed by atoms with van der Waals surface area (Å²) in [6.07, 6.45) is 0.333. The molecule has 0 aromatic heterocycles. The molecule has 3 N–H and O–H groups in total. The molecule has 0 saturated heterocycles. The highest BCUT2D eigenvalue weighted by atomic mass is 16.5. The molecule has 0 saturated carbocycles. The van der Waals surface area contributed by atoms with Gasteiger partial charge in [-0.3, -0.25) is 10.1 Å². The Bertz CT molecular complexity index is 1220. The number of hydrogen-bond donors (Lipinski definition) is 3. The normalized spacial score (nSPS) is 12.9. The fraction of sp³-hybridized carbons (Fsp3) is 0.250. The average Bonchev–Trinajstić information content (AvgIpc) is 3.17. The summed E-state index contributed by atoms with van der Waals surface area (Å²) in [5.74, 6) is -1.64. The topological polar surface area (TPSA) is 105 Å². The highest BCUT2D eigenvalue weighted by Gasteiger charge is 2.29. The van der Waals surface area contributed by atoms with E-state index in [1.54, 1.807) is 25.1 Å². The Balaban J connectivity index is 1.44. The molecule has 3 aromatic carbocycles. The molecule has 7 nitrogen and oxygen atoms in total. The number of rotatable bonds is 8. The molecule has 1 aliphatic rings. The van der Waals surface area contributed by atoms with Gasteiger partial charge in [-0.2, -0.15) is 0 Å². The molecule has 0 fully saturated rings. The van der Waals surface area contributed by atoms with E-state index in [-0.39, 0.29) is 12.5 Å². The van der Waals surface area contributed by atoms with Crippen LogP contribution in [0.25, 0.3) is 11.1 Å². The number of nitrogens with one attached hydrogen (secondary N) is 2. The molecule has 0 bridgehead atoms. The number of carboxylic acids is 1. The molecule has 0 radical (unpaired) electrons. The molecular weight excluding hydrogens is 444 g/mol. The van der Waals surface area contributed by atoms with Gasteiger partial charge in [0.15, 0.2) is 0 Å². The minimum absolute atomic E-state index is 0.0575. The van der Waals surface area contributed by atoms with Gasteiger partial charge in [0.1, 0.15) is 12.6 Å². The molecule has 1 unspecified atom stereocenters. The quantitative estimate of drug-likeness (QED) is 0.411. The van der Waals surface area contributed by atoms with Crippen LogP contribution in [0.15, 0.2) is 66.7 Å². The van der Waals surface area contributed by atoms with Gasteiger partial charge >= 0.3 is 12.1 Å². The number of carboxylic acid groups (broad SMARTS) is 1. The maximum Gasteiger partial charge on any atom is 0.411 e. The third-order valence-electron chi connectivity index (χ3n) is 6.34. The van der Waals surface area contributed by atoms with Crippen LogP contribution in [0, 0.1) is 6.92 Å². The van der Waals surface area contributed by atoms with Crippen LogP contribution in [0.1, 0.15) is 52.7 Å². The molecule has 0 aliphatic heterocycles. The zero-order valence-electron chi connectivity index (χ0n) is 19.7. The molecular formula is C28H28N2O5. The van der Waals surface area contributed by atoms with Crippen molar-refractivity contribution in [1.29, 1.82) is 0 Å². The summed E-state index contributed by atoms with van der Waals surface area (Å²) in [5.41, 5.74) is 5.79. The number of benzene rings is 3. The van der Waals surface area contributed by atoms with E-state index in [2.05, 4.69) is 34.9 Å². The lowest BCUT2D eigenvalue weighted by Crippen LogP contribution is -2.40. The summed E-state index contributed by atoms with van der Waals surface area (Å²) in [6.45, 7) is 3.73. The third kappa shape index (κ3) is 5.04. The van der Waals surface area contributed by atoms with E-state index in [1.807, 2.05) is 31.2 Å². The van der Waals surface area contributed by atoms with Gasteiger partial charge < -0.3 is 15.2 Å². The minimum atomic E-state index is -1.08. The number of carbonyl (C=O) groups is 3. The van der Waals surface area contributed by atoms with Crippen LogP contribution in [0.5, 0.6) is 0 Å². The summed E-state index contributed by atoms with van der Waals surface area (Å²) in [5, 5.41) is 14.6. The van der Waals surface area contributed by atoms with Crippen molar-refractivity contribution in [2.75, 3.05) is 11.9 Å². The Morgan fingerprint density at radius 1 is 0.943 bits per heavy atom. The fourth-order valence-corrected chi connectivity index (χ4v) is 4.54. The van der Waals surface area contributed by atoms with Crippen molar-refractivity contribution in [3.63, 3.8) is 0 Å². The van der Waals surface area contributed by atoms with Crippen LogP contribution in [-0.2, 0) is 9.53 Å². The van der Waals surface area contributed by atoms with Gasteiger partial charge in [0.25, 0.3) is 5.91 Å². The molecule has 0 spiro atoms. The lowest BCUT2D eigenvalue weighted by atomic mass is 9.98. The minimum Gasteiger partial charge on any atom is -0.480 e. The SMILES string of the molecule is CCCC(NC(=O)c1cccc(NC(=O)OCC2c3ccccc3-c3ccccc32)c1C)C(=O)O. The Morgan fingerprint density at radius 3 is 2.17 bits per heavy atom. The van der Waals surface area contributed by atoms with Crippen LogP contribution in [0.3, 0.4) is 0 Å². The van der Waals surface area contributed by atoms with E-state index in [0.29, 0.717) is 29.7 Å². The fourth-order valence-electron chi connectivity index (χ4n) is 4.54. The third-order valence-corrected chi connectivity index (χ3v) is 6.34. The second kappa shape index (κ2) is 10.4. The molecule has 1 atom stereocenters. The van der Waals surface area contributed by atoms with Crippen molar-refractivity contribution in [3.05, 3.63) is 89.0 Å². The monoisotopic (exact) mass is 472 g/mol. The largest absolute Gasteiger partial charge is 0.480 e. The van der Waals surface area contributed by atoms with Crippen LogP contribution in [-0.4, -0.2) is 35.7 Å². The summed E-state index contributed by atoms with van der Waals surface area (Å²) < 4.78 is 5.60. The van der Waals surface area contributed by atoms with Gasteiger partial charge in [-0.25, -0.2) is 9.59 Å². The first-order valence-electron chi connectivity index (χ1n) is 11.7. The van der Waals surface area contributed by atoms with Gasteiger partial charge in [-0.15, -0.1) is 0 Å². The zero-order valence-corrected chi connectivity index (χ0v) is 19.7. The van der Waals surface area contributed by atoms with Gasteiger partial charge in [-0.05, 0) is 53.3 Å². The van der Waals surface area contributed by atoms with Gasteiger partial charge in [0, 0.05) is 17.2 Å². The molecule has 35 heavy (non-hydrogen) atoms. The van der Waals surface area contributed by atoms with Gasteiger partial charge in [0.2, 0.25) is 0 Å². The molecule has 180 valence electrons. The average molecular weight is 473 g/mol. The van der Waals surface area contributed by atoms with Crippen molar-refractivity contribution in [3.8, 4) is 11.1 Å². The summed E-state index contributed by atoms with van der Waals surface area (Å²) in [6, 6.07) is 20.1. The zero-order chi connectivity index (χ0) is 24.9. The molecule has 3 aromatic rings. The van der Waals surface area contributed by atoms with Crippen molar-refractivity contribution in [2.45, 2.75) is 38.6 Å². The number of fused-ring (bicyclic) bond motifs is 3. The lowest BCUT2D eigenvalue weighted by molar-refractivity contribution is -0.139. The summed E-state index contributed by atoms with van der Waals surface area (Å²) >= 11 is 0. The van der Waals surface area contributed by atoms with E-state index < -0.39 is 24.0 Å². The van der Waals surface area contributed by atoms with E-state index in [4.69, 9.17) is 4.74 Å². The van der Waals surface area contributed by atoms with Gasteiger partial charge in [-0.1, -0.05) is 67.9 Å². The first kappa shape index (κ1) is 24.0. The van der Waals surface area contributed by atoms with Crippen molar-refractivity contribution >= 4 is 23.7 Å². The maximum atomic E-state index is 12.7. The summed E-state index contributed by atoms with van der Waals surface area (Å²) in [4.78, 5) is 36.8. The van der Waals surface area contributed by atoms with Crippen molar-refractivity contribution in [1.82, 2.24) is 5.32 Å². The highest BCUT2D eigenvalue weighted by Crippen LogP contribution is 2.44. The standard InChI is InChI=1S/C28H28N2O5/c1-3-9-25(27(32)33)29-26(31)18-14-8-15-24(17(18)2)30-28(34)35-16-23-21-12-6-4-10-19(21)20-11-5-7-13-22(20)23/h4-8,10-15,23,25H,3,9,16H2,1-2H3,(H,29,31)(H,30,34)(H,32,33). The summed E-state index contributed by atoms with van der Waals surface area (Å²) in [7, 11) is 0. The van der Waals surface area contributed by atoms with Crippen LogP contribution in [0.2, 0.25) is 0 Å². The number of ether oxygens (including phenoxy) is 1. The number of hydrogen-bond acceptors (Lipinski definition) is 4. The first-order chi connectivity index (χ1) is 16.9. The Kier molecular flexibility index (Phi) is 7.15. The second-order valence-corrected chi connectivity index (χ2v) is 8.58. The van der Waals surface area contributed by atoms with E-state index >= 15 is 0 Å². The number of anilines is 1. The number of amides is 2. The predicted molar refractivity (Wildman–Crippen MR) is 134 cm³/mol. The molecule has 7 heteroatoms. The highest BCUT2D eigenvalue weighted by molar-refractivity contribution is 6.00. The Labute approximate surface area is 204 Å². The maximum absolute atomic E-state index is 12.7. The van der Waals surface area contributed by atoms with Crippen LogP contribution >= 0.6 is 0 Å². The van der Waals surface area contributed by atoms with Crippen molar-refractivity contribution in [2.24, 2.45) is 0 Å². The number of carbonyl (C=O) groups excluding carboxylic acids is 2. The molecule has 0 heterocycles. The van der Waals surface area contributed by atoms with E-state index in [0.717, 1.165) is 22.3 Å². The van der Waals surface area contributed by atoms with Crippen LogP contribution in [0.4, 0.5) is 10.5 Å². The van der Waals surface area contributed by atoms with E-state index in [9.17, 15) is 19.5 Å². The smallest absolute Gasteiger partial charge is 0.411 e. The second-order valence-electron chi connectivity index (χ2n) is 8.58. The van der Waals surface area contributed by atoms with Crippen LogP contribution < -0.4 is 10.6 Å². The predicted octanol–water partition coefficient (Wildman–Crippen LogP) is 5.34. The lowest BCUT2D eigenvalue weighted by Gasteiger charge is -2.17. The number of aliphatic carboxylic acids is 1. The van der Waals surface area contributed by atoms with Gasteiger partial charge in [0.05, 0.1) is 0 Å². The van der Waals surface area contributed by atoms with Crippen molar-refractivity contribution < 1.29 is 24.2 Å². The Hall–Kier alpha value is -4.13. The Morgan fingerprint density at radius 2 is 1.57 bits per heavy atom. The molecule has 2 amide bonds. The first-order valence-corrected chi connectivity index (χ1v) is 11.7. The molecule has 1 aliphatic carbocycles. The molecule has 4 rings (SSSR count).